The van der Waals surface area contributed by atoms with Crippen molar-refractivity contribution in [2.75, 3.05) is 7.11 Å². The van der Waals surface area contributed by atoms with E-state index < -0.39 is 0 Å². The van der Waals surface area contributed by atoms with Crippen LogP contribution in [0.5, 0.6) is 11.5 Å². The topological polar surface area (TPSA) is 57.7 Å². The first-order valence-corrected chi connectivity index (χ1v) is 9.29. The molecular formula is C24H23NO4. The molecule has 0 atom stereocenters. The van der Waals surface area contributed by atoms with Gasteiger partial charge >= 0.3 is 5.97 Å². The molecule has 0 radical (unpaired) electrons. The van der Waals surface area contributed by atoms with Crippen molar-refractivity contribution in [2.24, 2.45) is 0 Å². The van der Waals surface area contributed by atoms with Gasteiger partial charge in [0.05, 0.1) is 18.4 Å². The number of carbonyl (C=O) groups is 1. The molecule has 2 aromatic carbocycles. The number of esters is 1. The van der Waals surface area contributed by atoms with Crippen LogP contribution < -0.4 is 9.47 Å². The van der Waals surface area contributed by atoms with Crippen molar-refractivity contribution < 1.29 is 19.0 Å². The Morgan fingerprint density at radius 1 is 0.931 bits per heavy atom. The lowest BCUT2D eigenvalue weighted by molar-refractivity contribution is -0.133. The lowest BCUT2D eigenvalue weighted by atomic mass is 10.00. The van der Waals surface area contributed by atoms with Crippen LogP contribution in [0.2, 0.25) is 0 Å². The summed E-state index contributed by atoms with van der Waals surface area (Å²) in [5, 5.41) is 0. The normalized spacial score (nSPS) is 11.0. The molecule has 1 heterocycles. The molecule has 0 bridgehead atoms. The third kappa shape index (κ3) is 5.45. The van der Waals surface area contributed by atoms with E-state index in [4.69, 9.17) is 14.2 Å². The van der Waals surface area contributed by atoms with Crippen LogP contribution in [-0.2, 0) is 22.7 Å². The number of aromatic nitrogens is 1. The van der Waals surface area contributed by atoms with Crippen LogP contribution in [0.4, 0.5) is 0 Å². The summed E-state index contributed by atoms with van der Waals surface area (Å²) in [5.41, 5.74) is 3.06. The lowest BCUT2D eigenvalue weighted by Gasteiger charge is -2.13. The Morgan fingerprint density at radius 3 is 2.34 bits per heavy atom. The summed E-state index contributed by atoms with van der Waals surface area (Å²) in [4.78, 5) is 16.3. The smallest absolute Gasteiger partial charge is 0.338 e. The summed E-state index contributed by atoms with van der Waals surface area (Å²) >= 11 is 0. The highest BCUT2D eigenvalue weighted by atomic mass is 16.5. The monoisotopic (exact) mass is 389 g/mol. The number of hydrogen-bond donors (Lipinski definition) is 0. The molecule has 0 fully saturated rings. The fourth-order valence-electron chi connectivity index (χ4n) is 2.86. The number of methoxy groups -OCH3 is 1. The van der Waals surface area contributed by atoms with Crippen LogP contribution >= 0.6 is 0 Å². The van der Waals surface area contributed by atoms with E-state index in [-0.39, 0.29) is 5.97 Å². The fourth-order valence-corrected chi connectivity index (χ4v) is 2.86. The number of nitrogens with zero attached hydrogens (tertiary/aromatic N) is 1. The van der Waals surface area contributed by atoms with Gasteiger partial charge in [0, 0.05) is 12.3 Å². The number of carbonyl (C=O) groups excluding carboxylic acids is 1. The Labute approximate surface area is 170 Å². The second-order valence-corrected chi connectivity index (χ2v) is 6.22. The maximum absolute atomic E-state index is 12.1. The van der Waals surface area contributed by atoms with Gasteiger partial charge < -0.3 is 14.2 Å². The quantitative estimate of drug-likeness (QED) is 0.408. The van der Waals surface area contributed by atoms with E-state index in [2.05, 4.69) is 4.98 Å². The molecule has 0 spiro atoms. The van der Waals surface area contributed by atoms with E-state index >= 15 is 0 Å². The molecule has 0 unspecified atom stereocenters. The van der Waals surface area contributed by atoms with Gasteiger partial charge in [-0.25, -0.2) is 4.79 Å². The van der Waals surface area contributed by atoms with Crippen molar-refractivity contribution in [1.29, 1.82) is 0 Å². The third-order valence-electron chi connectivity index (χ3n) is 4.31. The van der Waals surface area contributed by atoms with Gasteiger partial charge in [0.15, 0.2) is 0 Å². The van der Waals surface area contributed by atoms with Gasteiger partial charge in [0.25, 0.3) is 0 Å². The molecule has 3 rings (SSSR count). The van der Waals surface area contributed by atoms with E-state index in [0.717, 1.165) is 16.8 Å². The zero-order valence-corrected chi connectivity index (χ0v) is 16.5. The van der Waals surface area contributed by atoms with Crippen LogP contribution in [-0.4, -0.2) is 18.1 Å². The summed E-state index contributed by atoms with van der Waals surface area (Å²) in [6.07, 6.45) is 3.49. The van der Waals surface area contributed by atoms with Crippen LogP contribution in [0, 0.1) is 0 Å². The number of allylic oxidation sites excluding steroid dienone is 1. The Kier molecular flexibility index (Phi) is 7.00. The van der Waals surface area contributed by atoms with Gasteiger partial charge in [-0.3, -0.25) is 4.98 Å². The summed E-state index contributed by atoms with van der Waals surface area (Å²) in [7, 11) is 1.38. The second-order valence-electron chi connectivity index (χ2n) is 6.22. The average Bonchev–Trinajstić information content (AvgIpc) is 2.78. The molecule has 0 aliphatic rings. The molecule has 5 heteroatoms. The average molecular weight is 389 g/mol. The minimum atomic E-state index is -0.370. The Balaban J connectivity index is 1.68. The maximum Gasteiger partial charge on any atom is 0.338 e. The highest BCUT2D eigenvalue weighted by Gasteiger charge is 2.15. The highest BCUT2D eigenvalue weighted by molar-refractivity contribution is 6.16. The van der Waals surface area contributed by atoms with E-state index in [1.807, 2.05) is 73.7 Å². The van der Waals surface area contributed by atoms with Gasteiger partial charge in [0.2, 0.25) is 0 Å². The van der Waals surface area contributed by atoms with Crippen molar-refractivity contribution in [3.05, 3.63) is 95.8 Å². The standard InChI is InChI=1S/C24H23NO4/c1-3-22(24(26)27-2)23-13-5-4-9-18(23)16-28-20-11-8-12-21(15-20)29-17-19-10-6-7-14-25-19/h3-15H,16-17H2,1-2H3. The summed E-state index contributed by atoms with van der Waals surface area (Å²) in [5.74, 6) is 1.01. The summed E-state index contributed by atoms with van der Waals surface area (Å²) in [6, 6.07) is 20.8. The van der Waals surface area contributed by atoms with Gasteiger partial charge in [0.1, 0.15) is 24.7 Å². The highest BCUT2D eigenvalue weighted by Crippen LogP contribution is 2.24. The second kappa shape index (κ2) is 10.1. The van der Waals surface area contributed by atoms with Crippen LogP contribution in [0.3, 0.4) is 0 Å². The Hall–Kier alpha value is -3.60. The molecule has 0 saturated heterocycles. The molecule has 148 valence electrons. The van der Waals surface area contributed by atoms with Gasteiger partial charge in [-0.05, 0) is 42.3 Å². The molecule has 0 N–H and O–H groups in total. The number of rotatable bonds is 8. The molecule has 0 aliphatic carbocycles. The molecule has 5 nitrogen and oxygen atoms in total. The first-order chi connectivity index (χ1) is 14.2. The number of ether oxygens (including phenoxy) is 3. The lowest BCUT2D eigenvalue weighted by Crippen LogP contribution is -2.07. The van der Waals surface area contributed by atoms with E-state index in [9.17, 15) is 4.79 Å². The van der Waals surface area contributed by atoms with Crippen LogP contribution in [0.15, 0.2) is 79.0 Å². The summed E-state index contributed by atoms with van der Waals surface area (Å²) < 4.78 is 16.6. The van der Waals surface area contributed by atoms with E-state index in [1.54, 1.807) is 12.3 Å². The maximum atomic E-state index is 12.1. The van der Waals surface area contributed by atoms with E-state index in [1.165, 1.54) is 7.11 Å². The van der Waals surface area contributed by atoms with Gasteiger partial charge in [-0.2, -0.15) is 0 Å². The SMILES string of the molecule is CC=C(C(=O)OC)c1ccccc1COc1cccc(OCc2ccccn2)c1. The molecular weight excluding hydrogens is 366 g/mol. The zero-order valence-electron chi connectivity index (χ0n) is 16.5. The number of pyridine rings is 1. The van der Waals surface area contributed by atoms with Crippen molar-refractivity contribution >= 4 is 11.5 Å². The molecule has 1 aromatic heterocycles. The first kappa shape index (κ1) is 20.1. The minimum absolute atomic E-state index is 0.314. The van der Waals surface area contributed by atoms with Crippen molar-refractivity contribution in [3.63, 3.8) is 0 Å². The largest absolute Gasteiger partial charge is 0.489 e. The van der Waals surface area contributed by atoms with Crippen LogP contribution in [0.25, 0.3) is 5.57 Å². The van der Waals surface area contributed by atoms with Crippen molar-refractivity contribution in [3.8, 4) is 11.5 Å². The van der Waals surface area contributed by atoms with Gasteiger partial charge in [-0.1, -0.05) is 42.5 Å². The number of hydrogen-bond acceptors (Lipinski definition) is 5. The van der Waals surface area contributed by atoms with Gasteiger partial charge in [-0.15, -0.1) is 0 Å². The third-order valence-corrected chi connectivity index (χ3v) is 4.31. The first-order valence-electron chi connectivity index (χ1n) is 9.29. The van der Waals surface area contributed by atoms with Crippen molar-refractivity contribution in [2.45, 2.75) is 20.1 Å². The summed E-state index contributed by atoms with van der Waals surface area (Å²) in [6.45, 7) is 2.51. The Morgan fingerprint density at radius 2 is 1.66 bits per heavy atom. The van der Waals surface area contributed by atoms with Crippen LogP contribution in [0.1, 0.15) is 23.7 Å². The van der Waals surface area contributed by atoms with E-state index in [0.29, 0.717) is 30.3 Å². The predicted molar refractivity (Wildman–Crippen MR) is 111 cm³/mol. The molecule has 3 aromatic rings. The predicted octanol–water partition coefficient (Wildman–Crippen LogP) is 4.82. The number of benzene rings is 2. The minimum Gasteiger partial charge on any atom is -0.489 e. The molecule has 0 amide bonds. The molecule has 0 aliphatic heterocycles. The molecule has 29 heavy (non-hydrogen) atoms. The molecule has 0 saturated carbocycles. The Bertz CT molecular complexity index is 983. The fraction of sp³-hybridized carbons (Fsp3) is 0.167. The zero-order chi connectivity index (χ0) is 20.5. The van der Waals surface area contributed by atoms with Crippen molar-refractivity contribution in [1.82, 2.24) is 4.98 Å².